The van der Waals surface area contributed by atoms with Crippen molar-refractivity contribution in [3.05, 3.63) is 83.7 Å². The Labute approximate surface area is 186 Å². The fourth-order valence-electron chi connectivity index (χ4n) is 3.65. The highest BCUT2D eigenvalue weighted by Gasteiger charge is 2.25. The van der Waals surface area contributed by atoms with E-state index in [0.29, 0.717) is 30.9 Å². The molecule has 7 nitrogen and oxygen atoms in total. The van der Waals surface area contributed by atoms with Gasteiger partial charge in [-0.05, 0) is 48.7 Å². The predicted molar refractivity (Wildman–Crippen MR) is 121 cm³/mol. The van der Waals surface area contributed by atoms with E-state index in [1.807, 2.05) is 30.3 Å². The third-order valence-corrected chi connectivity index (χ3v) is 5.29. The van der Waals surface area contributed by atoms with Crippen LogP contribution in [0.2, 0.25) is 0 Å². The number of carbonyl (C=O) groups is 2. The number of hydrogen-bond donors (Lipinski definition) is 2. The summed E-state index contributed by atoms with van der Waals surface area (Å²) >= 11 is 0. The van der Waals surface area contributed by atoms with Crippen molar-refractivity contribution in [3.63, 3.8) is 0 Å². The number of phenols is 1. The number of aryl methyl sites for hydroxylation is 1. The van der Waals surface area contributed by atoms with Crippen molar-refractivity contribution in [2.45, 2.75) is 19.3 Å². The minimum Gasteiger partial charge on any atom is -0.508 e. The fraction of sp³-hybridized carbons (Fsp3) is 0.240. The maximum atomic E-state index is 13.0. The monoisotopic (exact) mass is 431 g/mol. The number of fused-ring (bicyclic) bond motifs is 1. The maximum Gasteiger partial charge on any atom is 0.253 e. The molecular formula is C25H25N3O4. The second-order valence-corrected chi connectivity index (χ2v) is 7.60. The van der Waals surface area contributed by atoms with Gasteiger partial charge in [-0.3, -0.25) is 14.6 Å². The van der Waals surface area contributed by atoms with Gasteiger partial charge in [0, 0.05) is 12.7 Å². The molecular weight excluding hydrogens is 406 g/mol. The van der Waals surface area contributed by atoms with Crippen LogP contribution in [0.1, 0.15) is 28.0 Å². The van der Waals surface area contributed by atoms with Gasteiger partial charge < -0.3 is 20.1 Å². The van der Waals surface area contributed by atoms with E-state index in [9.17, 15) is 14.7 Å². The molecule has 1 aliphatic rings. The molecule has 1 aliphatic heterocycles. The summed E-state index contributed by atoms with van der Waals surface area (Å²) in [5.41, 5.74) is 2.74. The average Bonchev–Trinajstić information content (AvgIpc) is 2.83. The first-order chi connectivity index (χ1) is 15.6. The first-order valence-electron chi connectivity index (χ1n) is 10.6. The number of aromatic nitrogens is 1. The number of benzene rings is 2. The predicted octanol–water partition coefficient (Wildman–Crippen LogP) is 3.12. The van der Waals surface area contributed by atoms with E-state index >= 15 is 0 Å². The normalized spacial score (nSPS) is 12.7. The van der Waals surface area contributed by atoms with Crippen molar-refractivity contribution in [3.8, 4) is 11.5 Å². The van der Waals surface area contributed by atoms with Crippen LogP contribution in [0.5, 0.6) is 11.5 Å². The molecule has 2 amide bonds. The third-order valence-electron chi connectivity index (χ3n) is 5.29. The number of phenolic OH excluding ortho intramolecular Hbond substituents is 1. The largest absolute Gasteiger partial charge is 0.508 e. The molecule has 0 aliphatic carbocycles. The second kappa shape index (κ2) is 9.96. The maximum absolute atomic E-state index is 13.0. The van der Waals surface area contributed by atoms with Crippen molar-refractivity contribution in [2.24, 2.45) is 0 Å². The zero-order valence-corrected chi connectivity index (χ0v) is 17.7. The van der Waals surface area contributed by atoms with Crippen LogP contribution in [0.4, 0.5) is 5.69 Å². The molecule has 0 atom stereocenters. The lowest BCUT2D eigenvalue weighted by atomic mass is 10.0. The molecule has 32 heavy (non-hydrogen) atoms. The fourth-order valence-corrected chi connectivity index (χ4v) is 3.65. The van der Waals surface area contributed by atoms with Crippen molar-refractivity contribution in [1.29, 1.82) is 0 Å². The minimum atomic E-state index is -0.256. The number of nitrogens with zero attached hydrogens (tertiary/aromatic N) is 2. The summed E-state index contributed by atoms with van der Waals surface area (Å²) in [4.78, 5) is 31.7. The highest BCUT2D eigenvalue weighted by molar-refractivity contribution is 5.99. The van der Waals surface area contributed by atoms with Crippen LogP contribution >= 0.6 is 0 Å². The standard InChI is InChI=1S/C25H25N3O4/c29-20-10-8-18(9-11-20)15-24(30)28-13-4-7-22-23(28)16-19(17-27-22)25(31)26-12-14-32-21-5-2-1-3-6-21/h1-3,5-6,8-11,16-17,29H,4,7,12-15H2,(H,26,31). The highest BCUT2D eigenvalue weighted by Crippen LogP contribution is 2.27. The molecule has 1 aromatic heterocycles. The van der Waals surface area contributed by atoms with Crippen LogP contribution in [0.3, 0.4) is 0 Å². The van der Waals surface area contributed by atoms with Crippen LogP contribution in [-0.2, 0) is 17.6 Å². The van der Waals surface area contributed by atoms with E-state index in [1.165, 1.54) is 0 Å². The Hall–Kier alpha value is -3.87. The van der Waals surface area contributed by atoms with E-state index in [4.69, 9.17) is 4.74 Å². The molecule has 2 aromatic carbocycles. The van der Waals surface area contributed by atoms with Crippen molar-refractivity contribution in [2.75, 3.05) is 24.6 Å². The van der Waals surface area contributed by atoms with Crippen LogP contribution in [0, 0.1) is 0 Å². The van der Waals surface area contributed by atoms with Crippen molar-refractivity contribution < 1.29 is 19.4 Å². The number of rotatable bonds is 7. The lowest BCUT2D eigenvalue weighted by Gasteiger charge is -2.29. The van der Waals surface area contributed by atoms with Gasteiger partial charge in [-0.15, -0.1) is 0 Å². The molecule has 0 saturated carbocycles. The topological polar surface area (TPSA) is 91.8 Å². The number of anilines is 1. The van der Waals surface area contributed by atoms with Gasteiger partial charge in [0.1, 0.15) is 18.1 Å². The van der Waals surface area contributed by atoms with Gasteiger partial charge in [0.25, 0.3) is 5.91 Å². The molecule has 164 valence electrons. The number of hydrogen-bond acceptors (Lipinski definition) is 5. The molecule has 2 heterocycles. The molecule has 0 unspecified atom stereocenters. The quantitative estimate of drug-likeness (QED) is 0.561. The molecule has 7 heteroatoms. The summed E-state index contributed by atoms with van der Waals surface area (Å²) in [5, 5.41) is 12.3. The Balaban J connectivity index is 1.39. The molecule has 0 bridgehead atoms. The number of amides is 2. The number of nitrogens with one attached hydrogen (secondary N) is 1. The first-order valence-corrected chi connectivity index (χ1v) is 10.6. The van der Waals surface area contributed by atoms with E-state index in [-0.39, 0.29) is 24.0 Å². The number of carbonyl (C=O) groups excluding carboxylic acids is 2. The Morgan fingerprint density at radius 2 is 1.88 bits per heavy atom. The Kier molecular flexibility index (Phi) is 6.65. The van der Waals surface area contributed by atoms with Crippen LogP contribution in [0.15, 0.2) is 66.9 Å². The summed E-state index contributed by atoms with van der Waals surface area (Å²) in [7, 11) is 0. The number of aromatic hydroxyl groups is 1. The molecule has 0 saturated heterocycles. The van der Waals surface area contributed by atoms with E-state index < -0.39 is 0 Å². The Bertz CT molecular complexity index is 1080. The highest BCUT2D eigenvalue weighted by atomic mass is 16.5. The van der Waals surface area contributed by atoms with Gasteiger partial charge in [0.05, 0.1) is 29.9 Å². The molecule has 0 radical (unpaired) electrons. The summed E-state index contributed by atoms with van der Waals surface area (Å²) in [5.74, 6) is 0.597. The summed E-state index contributed by atoms with van der Waals surface area (Å²) < 4.78 is 5.60. The zero-order valence-electron chi connectivity index (χ0n) is 17.7. The summed E-state index contributed by atoms with van der Waals surface area (Å²) in [6.07, 6.45) is 3.36. The molecule has 0 fully saturated rings. The van der Waals surface area contributed by atoms with Crippen LogP contribution in [-0.4, -0.2) is 41.6 Å². The van der Waals surface area contributed by atoms with Crippen molar-refractivity contribution in [1.82, 2.24) is 10.3 Å². The van der Waals surface area contributed by atoms with Gasteiger partial charge in [-0.1, -0.05) is 30.3 Å². The van der Waals surface area contributed by atoms with Crippen molar-refractivity contribution >= 4 is 17.5 Å². The SMILES string of the molecule is O=C(NCCOc1ccccc1)c1cnc2c(c1)N(C(=O)Cc1ccc(O)cc1)CCC2. The smallest absolute Gasteiger partial charge is 0.253 e. The molecule has 3 aromatic rings. The van der Waals surface area contributed by atoms with Gasteiger partial charge in [0.15, 0.2) is 0 Å². The van der Waals surface area contributed by atoms with Gasteiger partial charge in [0.2, 0.25) is 5.91 Å². The number of pyridine rings is 1. The Morgan fingerprint density at radius 1 is 1.09 bits per heavy atom. The summed E-state index contributed by atoms with van der Waals surface area (Å²) in [6.45, 7) is 1.29. The number of para-hydroxylation sites is 1. The first kappa shape index (κ1) is 21.4. The Morgan fingerprint density at radius 3 is 2.66 bits per heavy atom. The van der Waals surface area contributed by atoms with Gasteiger partial charge in [-0.2, -0.15) is 0 Å². The van der Waals surface area contributed by atoms with Crippen LogP contribution < -0.4 is 15.0 Å². The molecule has 2 N–H and O–H groups in total. The molecule has 4 rings (SSSR count). The zero-order chi connectivity index (χ0) is 22.3. The lowest BCUT2D eigenvalue weighted by molar-refractivity contribution is -0.118. The minimum absolute atomic E-state index is 0.0627. The second-order valence-electron chi connectivity index (χ2n) is 7.60. The van der Waals surface area contributed by atoms with Gasteiger partial charge >= 0.3 is 0 Å². The molecule has 0 spiro atoms. The van der Waals surface area contributed by atoms with Gasteiger partial charge in [-0.25, -0.2) is 0 Å². The van der Waals surface area contributed by atoms with E-state index in [0.717, 1.165) is 29.8 Å². The lowest BCUT2D eigenvalue weighted by Crippen LogP contribution is -2.37. The number of ether oxygens (including phenoxy) is 1. The van der Waals surface area contributed by atoms with E-state index in [1.54, 1.807) is 41.4 Å². The average molecular weight is 431 g/mol. The summed E-state index contributed by atoms with van der Waals surface area (Å²) in [6, 6.07) is 17.8. The third kappa shape index (κ3) is 5.24. The van der Waals surface area contributed by atoms with Crippen LogP contribution in [0.25, 0.3) is 0 Å². The van der Waals surface area contributed by atoms with E-state index in [2.05, 4.69) is 10.3 Å².